The molecule has 3 rings (SSSR count). The van der Waals surface area contributed by atoms with Gasteiger partial charge in [-0.2, -0.15) is 0 Å². The molecule has 0 unspecified atom stereocenters. The van der Waals surface area contributed by atoms with Crippen molar-refractivity contribution in [3.63, 3.8) is 0 Å². The van der Waals surface area contributed by atoms with Crippen LogP contribution >= 0.6 is 11.6 Å². The molecule has 0 bridgehead atoms. The maximum absolute atomic E-state index is 5.81. The van der Waals surface area contributed by atoms with Crippen LogP contribution in [0.1, 0.15) is 11.7 Å². The highest BCUT2D eigenvalue weighted by atomic mass is 35.5. The summed E-state index contributed by atoms with van der Waals surface area (Å²) < 4.78 is 5.73. The molecule has 2 N–H and O–H groups in total. The zero-order valence-corrected chi connectivity index (χ0v) is 11.7. The van der Waals surface area contributed by atoms with Crippen LogP contribution in [0, 0.1) is 0 Å². The number of nitrogens with zero attached hydrogens (tertiary/aromatic N) is 1. The molecule has 1 saturated heterocycles. The largest absolute Gasteiger partial charge is 0.371 e. The second-order valence-electron chi connectivity index (χ2n) is 4.67. The topological polar surface area (TPSA) is 46.2 Å². The van der Waals surface area contributed by atoms with Gasteiger partial charge < -0.3 is 15.4 Å². The number of ether oxygens (including phenoxy) is 1. The van der Waals surface area contributed by atoms with Crippen LogP contribution in [0.15, 0.2) is 42.6 Å². The van der Waals surface area contributed by atoms with Crippen molar-refractivity contribution in [1.29, 1.82) is 0 Å². The molecule has 0 amide bonds. The van der Waals surface area contributed by atoms with Crippen LogP contribution < -0.4 is 10.6 Å². The third-order valence-electron chi connectivity index (χ3n) is 3.21. The van der Waals surface area contributed by atoms with Crippen LogP contribution in [0.25, 0.3) is 0 Å². The van der Waals surface area contributed by atoms with Crippen LogP contribution in [0.5, 0.6) is 0 Å². The van der Waals surface area contributed by atoms with Crippen molar-refractivity contribution in [3.8, 4) is 0 Å². The van der Waals surface area contributed by atoms with Crippen molar-refractivity contribution in [3.05, 3.63) is 53.2 Å². The van der Waals surface area contributed by atoms with Gasteiger partial charge >= 0.3 is 0 Å². The van der Waals surface area contributed by atoms with Crippen LogP contribution in [0.4, 0.5) is 11.5 Å². The highest BCUT2D eigenvalue weighted by molar-refractivity contribution is 6.30. The maximum atomic E-state index is 5.81. The summed E-state index contributed by atoms with van der Waals surface area (Å²) in [5.41, 5.74) is 2.18. The number of halogens is 1. The molecule has 2 heterocycles. The van der Waals surface area contributed by atoms with Crippen molar-refractivity contribution in [2.24, 2.45) is 0 Å². The Morgan fingerprint density at radius 1 is 1.20 bits per heavy atom. The highest BCUT2D eigenvalue weighted by Crippen LogP contribution is 2.22. The Bertz CT molecular complexity index is 550. The number of morpholine rings is 1. The lowest BCUT2D eigenvalue weighted by Crippen LogP contribution is -2.33. The minimum Gasteiger partial charge on any atom is -0.371 e. The first kappa shape index (κ1) is 13.4. The summed E-state index contributed by atoms with van der Waals surface area (Å²) in [6.07, 6.45) is 1.77. The van der Waals surface area contributed by atoms with Crippen molar-refractivity contribution in [1.82, 2.24) is 10.3 Å². The summed E-state index contributed by atoms with van der Waals surface area (Å²) in [5.74, 6) is 0.776. The fourth-order valence-corrected chi connectivity index (χ4v) is 2.27. The van der Waals surface area contributed by atoms with Gasteiger partial charge in [-0.1, -0.05) is 23.7 Å². The van der Waals surface area contributed by atoms with Gasteiger partial charge in [0.25, 0.3) is 0 Å². The molecule has 5 heteroatoms. The third kappa shape index (κ3) is 3.28. The molecule has 0 spiro atoms. The molecular weight excluding hydrogens is 274 g/mol. The van der Waals surface area contributed by atoms with Crippen molar-refractivity contribution >= 4 is 23.1 Å². The van der Waals surface area contributed by atoms with E-state index in [1.54, 1.807) is 6.20 Å². The van der Waals surface area contributed by atoms with Gasteiger partial charge in [-0.15, -0.1) is 0 Å². The Morgan fingerprint density at radius 2 is 2.05 bits per heavy atom. The molecule has 2 aromatic rings. The molecule has 1 aliphatic rings. The molecular formula is C15H16ClN3O. The van der Waals surface area contributed by atoms with E-state index in [0.29, 0.717) is 5.02 Å². The molecule has 1 aromatic carbocycles. The Hall–Kier alpha value is -1.62. The SMILES string of the molecule is Clc1ccc(Nc2ccc([C@H]3CNCCO3)cc2)nc1. The van der Waals surface area contributed by atoms with Crippen LogP contribution in [0.3, 0.4) is 0 Å². The first-order valence-electron chi connectivity index (χ1n) is 6.62. The highest BCUT2D eigenvalue weighted by Gasteiger charge is 2.15. The quantitative estimate of drug-likeness (QED) is 0.911. The van der Waals surface area contributed by atoms with Gasteiger partial charge in [0, 0.05) is 25.0 Å². The van der Waals surface area contributed by atoms with E-state index in [0.717, 1.165) is 31.2 Å². The van der Waals surface area contributed by atoms with Gasteiger partial charge in [-0.3, -0.25) is 0 Å². The van der Waals surface area contributed by atoms with E-state index in [1.165, 1.54) is 5.56 Å². The summed E-state index contributed by atoms with van der Waals surface area (Å²) in [6.45, 7) is 2.56. The van der Waals surface area contributed by atoms with Crippen molar-refractivity contribution in [2.45, 2.75) is 6.10 Å². The Labute approximate surface area is 123 Å². The fourth-order valence-electron chi connectivity index (χ4n) is 2.16. The minimum absolute atomic E-state index is 0.145. The van der Waals surface area contributed by atoms with Crippen molar-refractivity contribution in [2.75, 3.05) is 25.0 Å². The number of pyridine rings is 1. The number of hydrogen-bond donors (Lipinski definition) is 2. The predicted molar refractivity (Wildman–Crippen MR) is 80.5 cm³/mol. The molecule has 4 nitrogen and oxygen atoms in total. The number of anilines is 2. The maximum Gasteiger partial charge on any atom is 0.130 e. The Morgan fingerprint density at radius 3 is 2.70 bits per heavy atom. The Balaban J connectivity index is 1.67. The van der Waals surface area contributed by atoms with E-state index in [9.17, 15) is 0 Å². The van der Waals surface area contributed by atoms with Gasteiger partial charge in [-0.25, -0.2) is 4.98 Å². The summed E-state index contributed by atoms with van der Waals surface area (Å²) >= 11 is 5.81. The monoisotopic (exact) mass is 289 g/mol. The van der Waals surface area contributed by atoms with E-state index < -0.39 is 0 Å². The molecule has 0 saturated carbocycles. The lowest BCUT2D eigenvalue weighted by Gasteiger charge is -2.24. The molecule has 1 aromatic heterocycles. The standard InChI is InChI=1S/C15H16ClN3O/c16-12-3-6-15(18-9-12)19-13-4-1-11(2-5-13)14-10-17-7-8-20-14/h1-6,9,14,17H,7-8,10H2,(H,18,19)/t14-/m1/s1. The lowest BCUT2D eigenvalue weighted by molar-refractivity contribution is 0.0277. The average molecular weight is 290 g/mol. The first-order chi connectivity index (χ1) is 9.81. The fraction of sp³-hybridized carbons (Fsp3) is 0.267. The van der Waals surface area contributed by atoms with Gasteiger partial charge in [0.2, 0.25) is 0 Å². The molecule has 0 radical (unpaired) electrons. The second kappa shape index (κ2) is 6.22. The summed E-state index contributed by atoms with van der Waals surface area (Å²) in [4.78, 5) is 4.21. The molecule has 20 heavy (non-hydrogen) atoms. The van der Waals surface area contributed by atoms with E-state index in [1.807, 2.05) is 24.3 Å². The number of benzene rings is 1. The van der Waals surface area contributed by atoms with Crippen LogP contribution in [0.2, 0.25) is 5.02 Å². The number of nitrogens with one attached hydrogen (secondary N) is 2. The number of hydrogen-bond acceptors (Lipinski definition) is 4. The van der Waals surface area contributed by atoms with Gasteiger partial charge in [-0.05, 0) is 29.8 Å². The molecule has 0 aliphatic carbocycles. The number of aromatic nitrogens is 1. The summed E-state index contributed by atoms with van der Waals surface area (Å²) in [7, 11) is 0. The van der Waals surface area contributed by atoms with Crippen molar-refractivity contribution < 1.29 is 4.74 Å². The molecule has 104 valence electrons. The zero-order valence-electron chi connectivity index (χ0n) is 11.0. The van der Waals surface area contributed by atoms with E-state index in [2.05, 4.69) is 27.8 Å². The molecule has 1 atom stereocenters. The van der Waals surface area contributed by atoms with Gasteiger partial charge in [0.15, 0.2) is 0 Å². The lowest BCUT2D eigenvalue weighted by atomic mass is 10.1. The summed E-state index contributed by atoms with van der Waals surface area (Å²) in [6, 6.07) is 11.9. The average Bonchev–Trinajstić information content (AvgIpc) is 2.51. The normalized spacial score (nSPS) is 18.8. The smallest absolute Gasteiger partial charge is 0.130 e. The predicted octanol–water partition coefficient (Wildman–Crippen LogP) is 3.14. The van der Waals surface area contributed by atoms with E-state index in [4.69, 9.17) is 16.3 Å². The minimum atomic E-state index is 0.145. The molecule has 1 fully saturated rings. The van der Waals surface area contributed by atoms with E-state index >= 15 is 0 Å². The second-order valence-corrected chi connectivity index (χ2v) is 5.11. The summed E-state index contributed by atoms with van der Waals surface area (Å²) in [5, 5.41) is 7.20. The van der Waals surface area contributed by atoms with Gasteiger partial charge in [0.1, 0.15) is 5.82 Å². The first-order valence-corrected chi connectivity index (χ1v) is 7.00. The third-order valence-corrected chi connectivity index (χ3v) is 3.43. The van der Waals surface area contributed by atoms with Gasteiger partial charge in [0.05, 0.1) is 17.7 Å². The van der Waals surface area contributed by atoms with E-state index in [-0.39, 0.29) is 6.10 Å². The number of rotatable bonds is 3. The van der Waals surface area contributed by atoms with Crippen LogP contribution in [-0.2, 0) is 4.74 Å². The van der Waals surface area contributed by atoms with Crippen LogP contribution in [-0.4, -0.2) is 24.7 Å². The zero-order chi connectivity index (χ0) is 13.8. The molecule has 1 aliphatic heterocycles. The Kier molecular flexibility index (Phi) is 4.16.